The standard InChI is InChI=1S/C38H51NO5/c1-37(2,3)32-22-29(23-33(24-32)38(4,5)6)27-44-34(30-14-10-9-11-15-30)26-39(21-13-12-16-35(40)42-7)25-28-17-19-31(20-18-28)36(41)43-8/h9-11,14-15,17-20,22-24,34H,12-13,16,21,25-27H2,1-8H3. The van der Waals surface area contributed by atoms with Crippen LogP contribution in [0.5, 0.6) is 0 Å². The lowest BCUT2D eigenvalue weighted by atomic mass is 9.79. The van der Waals surface area contributed by atoms with Crippen molar-refractivity contribution >= 4 is 11.9 Å². The summed E-state index contributed by atoms with van der Waals surface area (Å²) in [5, 5.41) is 0. The zero-order valence-corrected chi connectivity index (χ0v) is 27.9. The molecule has 238 valence electrons. The van der Waals surface area contributed by atoms with Crippen LogP contribution in [0.1, 0.15) is 105 Å². The number of unbranched alkanes of at least 4 members (excludes halogenated alkanes) is 1. The van der Waals surface area contributed by atoms with E-state index >= 15 is 0 Å². The van der Waals surface area contributed by atoms with Crippen molar-refractivity contribution in [1.29, 1.82) is 0 Å². The molecule has 0 spiro atoms. The molecule has 0 aromatic heterocycles. The molecule has 0 fully saturated rings. The van der Waals surface area contributed by atoms with Gasteiger partial charge in [-0.3, -0.25) is 9.69 Å². The summed E-state index contributed by atoms with van der Waals surface area (Å²) in [5.74, 6) is -0.536. The number of carbonyl (C=O) groups is 2. The number of rotatable bonds is 14. The maximum Gasteiger partial charge on any atom is 0.337 e. The second-order valence-electron chi connectivity index (χ2n) is 13.6. The fraction of sp³-hybridized carbons (Fsp3) is 0.474. The SMILES string of the molecule is COC(=O)CCCCN(Cc1ccc(C(=O)OC)cc1)CC(OCc1cc(C(C)(C)C)cc(C(C)(C)C)c1)c1ccccc1. The quantitative estimate of drug-likeness (QED) is 0.137. The minimum Gasteiger partial charge on any atom is -0.469 e. The van der Waals surface area contributed by atoms with E-state index in [0.29, 0.717) is 31.7 Å². The fourth-order valence-electron chi connectivity index (χ4n) is 5.06. The van der Waals surface area contributed by atoms with Gasteiger partial charge in [0, 0.05) is 19.5 Å². The number of hydrogen-bond acceptors (Lipinski definition) is 6. The fourth-order valence-corrected chi connectivity index (χ4v) is 5.06. The molecular formula is C38H51NO5. The highest BCUT2D eigenvalue weighted by Crippen LogP contribution is 2.31. The van der Waals surface area contributed by atoms with Crippen LogP contribution in [0.2, 0.25) is 0 Å². The summed E-state index contributed by atoms with van der Waals surface area (Å²) >= 11 is 0. The molecule has 1 unspecified atom stereocenters. The van der Waals surface area contributed by atoms with Crippen molar-refractivity contribution in [1.82, 2.24) is 4.90 Å². The van der Waals surface area contributed by atoms with Crippen molar-refractivity contribution in [2.75, 3.05) is 27.3 Å². The highest BCUT2D eigenvalue weighted by molar-refractivity contribution is 5.89. The maximum atomic E-state index is 12.0. The van der Waals surface area contributed by atoms with Crippen molar-refractivity contribution in [3.8, 4) is 0 Å². The van der Waals surface area contributed by atoms with Crippen LogP contribution in [0.15, 0.2) is 72.8 Å². The molecule has 0 amide bonds. The van der Waals surface area contributed by atoms with Crippen LogP contribution in [-0.2, 0) is 43.0 Å². The third-order valence-electron chi connectivity index (χ3n) is 7.89. The second-order valence-corrected chi connectivity index (χ2v) is 13.6. The van der Waals surface area contributed by atoms with Crippen LogP contribution < -0.4 is 0 Å². The second kappa shape index (κ2) is 16.0. The molecule has 0 aliphatic carbocycles. The lowest BCUT2D eigenvalue weighted by Gasteiger charge is -2.29. The highest BCUT2D eigenvalue weighted by Gasteiger charge is 2.22. The average Bonchev–Trinajstić information content (AvgIpc) is 3.00. The van der Waals surface area contributed by atoms with E-state index in [1.165, 1.54) is 30.9 Å². The number of esters is 2. The van der Waals surface area contributed by atoms with Gasteiger partial charge in [-0.25, -0.2) is 4.79 Å². The first-order chi connectivity index (χ1) is 20.8. The molecule has 0 aliphatic rings. The zero-order valence-electron chi connectivity index (χ0n) is 27.9. The Balaban J connectivity index is 1.86. The Kier molecular flexibility index (Phi) is 12.7. The third kappa shape index (κ3) is 10.9. The molecule has 0 saturated heterocycles. The van der Waals surface area contributed by atoms with E-state index in [2.05, 4.69) is 88.9 Å². The van der Waals surface area contributed by atoms with E-state index in [9.17, 15) is 9.59 Å². The number of carbonyl (C=O) groups excluding carboxylic acids is 2. The summed E-state index contributed by atoms with van der Waals surface area (Å²) in [6.45, 7) is 16.1. The van der Waals surface area contributed by atoms with Gasteiger partial charge in [-0.2, -0.15) is 0 Å². The Morgan fingerprint density at radius 1 is 0.750 bits per heavy atom. The summed E-state index contributed by atoms with van der Waals surface area (Å²) in [6.07, 6.45) is 1.83. The minimum atomic E-state index is -0.348. The predicted octanol–water partition coefficient (Wildman–Crippen LogP) is 8.17. The zero-order chi connectivity index (χ0) is 32.3. The summed E-state index contributed by atoms with van der Waals surface area (Å²) in [4.78, 5) is 26.0. The van der Waals surface area contributed by atoms with Gasteiger partial charge in [-0.1, -0.05) is 102 Å². The van der Waals surface area contributed by atoms with Crippen LogP contribution in [0.25, 0.3) is 0 Å². The summed E-state index contributed by atoms with van der Waals surface area (Å²) in [6, 6.07) is 24.8. The molecule has 0 aliphatic heterocycles. The van der Waals surface area contributed by atoms with Gasteiger partial charge in [-0.05, 0) is 70.2 Å². The Labute approximate surface area is 264 Å². The molecular weight excluding hydrogens is 550 g/mol. The number of hydrogen-bond donors (Lipinski definition) is 0. The van der Waals surface area contributed by atoms with Crippen molar-refractivity contribution in [2.24, 2.45) is 0 Å². The molecule has 0 bridgehead atoms. The van der Waals surface area contributed by atoms with E-state index in [1.807, 2.05) is 18.2 Å². The molecule has 3 aromatic carbocycles. The Bertz CT molecular complexity index is 1300. The van der Waals surface area contributed by atoms with Gasteiger partial charge in [0.1, 0.15) is 0 Å². The number of ether oxygens (including phenoxy) is 3. The Morgan fingerprint density at radius 3 is 1.91 bits per heavy atom. The Morgan fingerprint density at radius 2 is 1.36 bits per heavy atom. The molecule has 0 heterocycles. The molecule has 6 heteroatoms. The van der Waals surface area contributed by atoms with Crippen LogP contribution in [0, 0.1) is 0 Å². The number of methoxy groups -OCH3 is 2. The van der Waals surface area contributed by atoms with Gasteiger partial charge < -0.3 is 14.2 Å². The normalized spacial score (nSPS) is 12.7. The molecule has 6 nitrogen and oxygen atoms in total. The third-order valence-corrected chi connectivity index (χ3v) is 7.89. The van der Waals surface area contributed by atoms with E-state index in [0.717, 1.165) is 30.5 Å². The average molecular weight is 602 g/mol. The molecule has 1 atom stereocenters. The largest absolute Gasteiger partial charge is 0.469 e. The van der Waals surface area contributed by atoms with Crippen LogP contribution in [-0.4, -0.2) is 44.1 Å². The smallest absolute Gasteiger partial charge is 0.337 e. The Hall–Kier alpha value is -3.48. The van der Waals surface area contributed by atoms with Gasteiger partial charge in [0.15, 0.2) is 0 Å². The van der Waals surface area contributed by atoms with Gasteiger partial charge in [0.05, 0.1) is 32.5 Å². The first-order valence-electron chi connectivity index (χ1n) is 15.6. The van der Waals surface area contributed by atoms with Crippen molar-refractivity contribution < 1.29 is 23.8 Å². The van der Waals surface area contributed by atoms with Gasteiger partial charge >= 0.3 is 11.9 Å². The molecule has 0 radical (unpaired) electrons. The first-order valence-corrected chi connectivity index (χ1v) is 15.6. The van der Waals surface area contributed by atoms with Crippen molar-refractivity contribution in [3.63, 3.8) is 0 Å². The lowest BCUT2D eigenvalue weighted by Crippen LogP contribution is -2.30. The van der Waals surface area contributed by atoms with Crippen LogP contribution in [0.4, 0.5) is 0 Å². The number of benzene rings is 3. The summed E-state index contributed by atoms with van der Waals surface area (Å²) < 4.78 is 16.5. The van der Waals surface area contributed by atoms with E-state index in [-0.39, 0.29) is 28.9 Å². The summed E-state index contributed by atoms with van der Waals surface area (Å²) in [7, 11) is 2.81. The highest BCUT2D eigenvalue weighted by atomic mass is 16.5. The van der Waals surface area contributed by atoms with Crippen LogP contribution in [0.3, 0.4) is 0 Å². The first kappa shape index (κ1) is 35.0. The predicted molar refractivity (Wildman–Crippen MR) is 177 cm³/mol. The summed E-state index contributed by atoms with van der Waals surface area (Å²) in [5.41, 5.74) is 6.58. The maximum absolute atomic E-state index is 12.0. The van der Waals surface area contributed by atoms with E-state index in [4.69, 9.17) is 14.2 Å². The topological polar surface area (TPSA) is 65.1 Å². The van der Waals surface area contributed by atoms with Crippen LogP contribution >= 0.6 is 0 Å². The van der Waals surface area contributed by atoms with Gasteiger partial charge in [0.25, 0.3) is 0 Å². The van der Waals surface area contributed by atoms with Gasteiger partial charge in [0.2, 0.25) is 0 Å². The monoisotopic (exact) mass is 601 g/mol. The number of nitrogens with zero attached hydrogens (tertiary/aromatic N) is 1. The van der Waals surface area contributed by atoms with Crippen molar-refractivity contribution in [2.45, 2.75) is 90.9 Å². The molecule has 0 N–H and O–H groups in total. The van der Waals surface area contributed by atoms with E-state index in [1.54, 1.807) is 12.1 Å². The van der Waals surface area contributed by atoms with E-state index < -0.39 is 0 Å². The molecule has 0 saturated carbocycles. The molecule has 3 aromatic rings. The van der Waals surface area contributed by atoms with Gasteiger partial charge in [-0.15, -0.1) is 0 Å². The lowest BCUT2D eigenvalue weighted by molar-refractivity contribution is -0.140. The molecule has 44 heavy (non-hydrogen) atoms. The molecule has 3 rings (SSSR count). The van der Waals surface area contributed by atoms with Crippen molar-refractivity contribution in [3.05, 3.63) is 106 Å². The minimum absolute atomic E-state index is 0.0270.